The summed E-state index contributed by atoms with van der Waals surface area (Å²) in [6.07, 6.45) is 6.15. The number of phenolic OH excluding ortho intramolecular Hbond substituents is 1. The molecule has 0 unspecified atom stereocenters. The number of aromatic hydroxyl groups is 1. The molecule has 0 amide bonds. The first-order valence-electron chi connectivity index (χ1n) is 15.5. The van der Waals surface area contributed by atoms with Crippen LogP contribution in [0.4, 0.5) is 0 Å². The molecule has 9 nitrogen and oxygen atoms in total. The van der Waals surface area contributed by atoms with Gasteiger partial charge in [-0.15, -0.1) is 0 Å². The number of hydrogen-bond donors (Lipinski definition) is 1. The molecule has 0 radical (unpaired) electrons. The number of ether oxygens (including phenoxy) is 5. The van der Waals surface area contributed by atoms with Gasteiger partial charge in [0, 0.05) is 23.8 Å². The molecule has 1 saturated carbocycles. The number of phenols is 1. The van der Waals surface area contributed by atoms with Gasteiger partial charge in [0.05, 0.1) is 13.2 Å². The highest BCUT2D eigenvalue weighted by molar-refractivity contribution is 6.06. The predicted molar refractivity (Wildman–Crippen MR) is 157 cm³/mol. The SMILES string of the molecule is CCOc1cc(/C=C/C(=O)c2ccc(OCCO[C@H]3O[C@@H]4O[C@@]5(C)CC[C@H]6[C@H](C)CC[C@@H]([C@H]3C)[C@@]46OO5)cc2)ccc1O. The van der Waals surface area contributed by atoms with E-state index < -0.39 is 24.0 Å². The molecule has 4 aliphatic heterocycles. The van der Waals surface area contributed by atoms with Crippen molar-refractivity contribution in [1.29, 1.82) is 0 Å². The molecule has 1 N–H and O–H groups in total. The number of ketones is 1. The summed E-state index contributed by atoms with van der Waals surface area (Å²) in [4.78, 5) is 24.8. The Hall–Kier alpha value is -2.95. The number of rotatable bonds is 10. The first kappa shape index (κ1) is 30.1. The van der Waals surface area contributed by atoms with E-state index in [1.807, 2.05) is 13.8 Å². The number of carbonyl (C=O) groups excluding carboxylic acids is 1. The third-order valence-corrected chi connectivity index (χ3v) is 9.58. The summed E-state index contributed by atoms with van der Waals surface area (Å²) < 4.78 is 30.4. The standard InChI is InChI=1S/C34H42O9/c1-5-37-30-20-23(8-15-29(30)36)7-14-28(35)24-9-11-25(12-10-24)38-18-19-39-31-22(3)27-13-6-21(2)26-16-17-33(4)41-32(40-31)34(26,27)43-42-33/h7-12,14-15,20-22,26-27,31-32,36H,5-6,13,16-19H2,1-4H3/b14-7+/t21-,22-,26+,27+,31+,32-,33-,34-/m1/s1. The summed E-state index contributed by atoms with van der Waals surface area (Å²) >= 11 is 0. The van der Waals surface area contributed by atoms with Crippen molar-refractivity contribution in [3.05, 3.63) is 59.7 Å². The van der Waals surface area contributed by atoms with E-state index in [2.05, 4.69) is 13.8 Å². The van der Waals surface area contributed by atoms with E-state index in [9.17, 15) is 9.90 Å². The molecule has 7 rings (SSSR count). The molecule has 5 aliphatic rings. The Morgan fingerprint density at radius 1 is 1.02 bits per heavy atom. The van der Waals surface area contributed by atoms with Crippen molar-refractivity contribution in [2.24, 2.45) is 23.7 Å². The number of allylic oxidation sites excluding steroid dienone is 1. The van der Waals surface area contributed by atoms with Gasteiger partial charge in [-0.1, -0.05) is 26.0 Å². The Balaban J connectivity index is 1.01. The van der Waals surface area contributed by atoms with Crippen LogP contribution in [0.1, 0.15) is 69.3 Å². The third-order valence-electron chi connectivity index (χ3n) is 9.58. The van der Waals surface area contributed by atoms with Crippen LogP contribution < -0.4 is 9.47 Å². The fraction of sp³-hybridized carbons (Fsp3) is 0.559. The smallest absolute Gasteiger partial charge is 0.201 e. The van der Waals surface area contributed by atoms with Gasteiger partial charge < -0.3 is 28.8 Å². The largest absolute Gasteiger partial charge is 0.504 e. The van der Waals surface area contributed by atoms with E-state index in [1.165, 1.54) is 6.08 Å². The van der Waals surface area contributed by atoms with E-state index in [1.54, 1.807) is 48.5 Å². The zero-order valence-electron chi connectivity index (χ0n) is 25.3. The van der Waals surface area contributed by atoms with Crippen LogP contribution in [0.2, 0.25) is 0 Å². The maximum atomic E-state index is 12.7. The quantitative estimate of drug-likeness (QED) is 0.147. The van der Waals surface area contributed by atoms with Crippen LogP contribution in [-0.4, -0.2) is 54.7 Å². The van der Waals surface area contributed by atoms with Gasteiger partial charge in [-0.25, -0.2) is 9.78 Å². The summed E-state index contributed by atoms with van der Waals surface area (Å²) in [6, 6.07) is 12.0. The fourth-order valence-corrected chi connectivity index (χ4v) is 7.28. The lowest BCUT2D eigenvalue weighted by molar-refractivity contribution is -0.577. The second kappa shape index (κ2) is 12.2. The summed E-state index contributed by atoms with van der Waals surface area (Å²) in [5.74, 6) is 1.29. The normalized spacial score (nSPS) is 34.9. The van der Waals surface area contributed by atoms with Crippen molar-refractivity contribution in [3.8, 4) is 17.2 Å². The van der Waals surface area contributed by atoms with Gasteiger partial charge in [0.25, 0.3) is 0 Å². The van der Waals surface area contributed by atoms with Crippen LogP contribution in [0.5, 0.6) is 17.2 Å². The molecular formula is C34H42O9. The van der Waals surface area contributed by atoms with Gasteiger partial charge >= 0.3 is 0 Å². The van der Waals surface area contributed by atoms with Crippen LogP contribution in [0, 0.1) is 23.7 Å². The highest BCUT2D eigenvalue weighted by Crippen LogP contribution is 2.60. The second-order valence-electron chi connectivity index (χ2n) is 12.4. The van der Waals surface area contributed by atoms with Gasteiger partial charge in [-0.05, 0) is 93.0 Å². The summed E-state index contributed by atoms with van der Waals surface area (Å²) in [5.41, 5.74) is 0.695. The van der Waals surface area contributed by atoms with E-state index >= 15 is 0 Å². The lowest BCUT2D eigenvalue weighted by atomic mass is 9.58. The molecule has 4 saturated heterocycles. The highest BCUT2D eigenvalue weighted by Gasteiger charge is 2.69. The zero-order valence-corrected chi connectivity index (χ0v) is 25.3. The molecular weight excluding hydrogens is 552 g/mol. The summed E-state index contributed by atoms with van der Waals surface area (Å²) in [6.45, 7) is 9.35. The number of carbonyl (C=O) groups is 1. The minimum atomic E-state index is -0.812. The van der Waals surface area contributed by atoms with E-state index in [0.29, 0.717) is 48.7 Å². The van der Waals surface area contributed by atoms with Crippen LogP contribution in [-0.2, 0) is 24.0 Å². The molecule has 2 aromatic rings. The molecule has 1 spiro atoms. The van der Waals surface area contributed by atoms with Crippen molar-refractivity contribution in [2.75, 3.05) is 19.8 Å². The average molecular weight is 595 g/mol. The van der Waals surface area contributed by atoms with Gasteiger partial charge in [0.2, 0.25) is 5.79 Å². The minimum absolute atomic E-state index is 0.0667. The number of hydrogen-bond acceptors (Lipinski definition) is 9. The van der Waals surface area contributed by atoms with E-state index in [0.717, 1.165) is 31.2 Å². The van der Waals surface area contributed by atoms with Crippen molar-refractivity contribution < 1.29 is 43.4 Å². The van der Waals surface area contributed by atoms with Crippen LogP contribution in [0.15, 0.2) is 48.5 Å². The van der Waals surface area contributed by atoms with Gasteiger partial charge in [0.1, 0.15) is 12.4 Å². The summed E-state index contributed by atoms with van der Waals surface area (Å²) in [7, 11) is 0. The first-order valence-corrected chi connectivity index (χ1v) is 15.5. The van der Waals surface area contributed by atoms with Gasteiger partial charge in [-0.2, -0.15) is 0 Å². The molecule has 2 aromatic carbocycles. The van der Waals surface area contributed by atoms with Gasteiger partial charge in [0.15, 0.2) is 35.5 Å². The molecule has 0 aromatic heterocycles. The lowest BCUT2D eigenvalue weighted by Gasteiger charge is -2.60. The second-order valence-corrected chi connectivity index (χ2v) is 12.4. The number of fused-ring (bicyclic) bond motifs is 2. The summed E-state index contributed by atoms with van der Waals surface area (Å²) in [5, 5.41) is 9.87. The van der Waals surface area contributed by atoms with Gasteiger partial charge in [-0.3, -0.25) is 4.79 Å². The molecule has 43 heavy (non-hydrogen) atoms. The van der Waals surface area contributed by atoms with Crippen LogP contribution in [0.3, 0.4) is 0 Å². The molecule has 4 heterocycles. The Morgan fingerprint density at radius 3 is 2.63 bits per heavy atom. The first-order chi connectivity index (χ1) is 20.7. The maximum absolute atomic E-state index is 12.7. The molecule has 9 heteroatoms. The van der Waals surface area contributed by atoms with Crippen molar-refractivity contribution >= 4 is 11.9 Å². The minimum Gasteiger partial charge on any atom is -0.504 e. The molecule has 5 fully saturated rings. The highest BCUT2D eigenvalue weighted by atomic mass is 17.3. The molecule has 232 valence electrons. The average Bonchev–Trinajstić information content (AvgIpc) is 3.24. The van der Waals surface area contributed by atoms with Crippen molar-refractivity contribution in [2.45, 2.75) is 77.3 Å². The number of benzene rings is 2. The molecule has 8 atom stereocenters. The van der Waals surface area contributed by atoms with E-state index in [4.69, 9.17) is 33.5 Å². The zero-order chi connectivity index (χ0) is 30.2. The van der Waals surface area contributed by atoms with Crippen molar-refractivity contribution in [1.82, 2.24) is 0 Å². The fourth-order valence-electron chi connectivity index (χ4n) is 7.28. The Bertz CT molecular complexity index is 1330. The lowest BCUT2D eigenvalue weighted by Crippen LogP contribution is -2.70. The Morgan fingerprint density at radius 2 is 1.84 bits per heavy atom. The topological polar surface area (TPSA) is 102 Å². The molecule has 2 bridgehead atoms. The molecule has 1 aliphatic carbocycles. The van der Waals surface area contributed by atoms with Crippen molar-refractivity contribution in [3.63, 3.8) is 0 Å². The monoisotopic (exact) mass is 594 g/mol. The van der Waals surface area contributed by atoms with Crippen LogP contribution in [0.25, 0.3) is 6.08 Å². The maximum Gasteiger partial charge on any atom is 0.201 e. The third kappa shape index (κ3) is 5.81. The Kier molecular flexibility index (Phi) is 8.54. The predicted octanol–water partition coefficient (Wildman–Crippen LogP) is 6.29. The van der Waals surface area contributed by atoms with Crippen LogP contribution >= 0.6 is 0 Å². The Labute approximate surface area is 252 Å². The van der Waals surface area contributed by atoms with E-state index in [-0.39, 0.29) is 23.4 Å².